The smallest absolute Gasteiger partial charge is 0.0916 e. The summed E-state index contributed by atoms with van der Waals surface area (Å²) in [4.78, 5) is 0. The second kappa shape index (κ2) is 5.02. The number of rotatable bonds is 3. The van der Waals surface area contributed by atoms with Crippen LogP contribution in [-0.4, -0.2) is 15.8 Å². The summed E-state index contributed by atoms with van der Waals surface area (Å²) in [5.41, 5.74) is 8.39. The van der Waals surface area contributed by atoms with Crippen LogP contribution in [0, 0.1) is 6.92 Å². The molecule has 1 aromatic heterocycles. The maximum atomic E-state index is 6.08. The van der Waals surface area contributed by atoms with Crippen LogP contribution in [0.4, 0.5) is 0 Å². The van der Waals surface area contributed by atoms with Gasteiger partial charge in [-0.25, -0.2) is 0 Å². The summed E-state index contributed by atoms with van der Waals surface area (Å²) in [5.74, 6) is 0. The Morgan fingerprint density at radius 1 is 1.29 bits per heavy atom. The van der Waals surface area contributed by atoms with E-state index in [4.69, 9.17) is 5.73 Å². The summed E-state index contributed by atoms with van der Waals surface area (Å²) in [6.45, 7) is 4.03. The number of hydrogen-bond donors (Lipinski definition) is 1. The Kier molecular flexibility index (Phi) is 3.64. The van der Waals surface area contributed by atoms with E-state index in [0.29, 0.717) is 0 Å². The van der Waals surface area contributed by atoms with Gasteiger partial charge in [-0.05, 0) is 37.1 Å². The molecule has 1 heterocycles. The molecule has 0 saturated heterocycles. The van der Waals surface area contributed by atoms with Crippen molar-refractivity contribution >= 4 is 15.9 Å². The number of aryl methyl sites for hydroxylation is 1. The van der Waals surface area contributed by atoms with Gasteiger partial charge in [0.05, 0.1) is 12.2 Å². The fraction of sp³-hybridized carbons (Fsp3) is 0.308. The number of halogens is 1. The average Bonchev–Trinajstić information content (AvgIpc) is 2.68. The minimum absolute atomic E-state index is 0.00970. The maximum absolute atomic E-state index is 6.08. The van der Waals surface area contributed by atoms with Crippen molar-refractivity contribution in [3.63, 3.8) is 0 Å². The first-order valence-electron chi connectivity index (χ1n) is 5.59. The fourth-order valence-corrected chi connectivity index (χ4v) is 2.21. The van der Waals surface area contributed by atoms with Crippen LogP contribution < -0.4 is 5.73 Å². The van der Waals surface area contributed by atoms with Gasteiger partial charge in [0.25, 0.3) is 0 Å². The van der Waals surface area contributed by atoms with E-state index < -0.39 is 0 Å². The van der Waals surface area contributed by atoms with E-state index in [1.54, 1.807) is 0 Å². The van der Waals surface area contributed by atoms with E-state index >= 15 is 0 Å². The third kappa shape index (κ3) is 2.76. The third-order valence-corrected chi connectivity index (χ3v) is 3.25. The Labute approximate surface area is 110 Å². The van der Waals surface area contributed by atoms with Gasteiger partial charge >= 0.3 is 0 Å². The highest BCUT2D eigenvalue weighted by Crippen LogP contribution is 2.22. The molecule has 2 unspecified atom stereocenters. The molecule has 0 fully saturated rings. The van der Waals surface area contributed by atoms with Crippen molar-refractivity contribution in [3.05, 3.63) is 52.3 Å². The van der Waals surface area contributed by atoms with Crippen molar-refractivity contribution in [1.82, 2.24) is 9.78 Å². The molecule has 0 radical (unpaired) electrons. The molecule has 0 aliphatic heterocycles. The predicted molar refractivity (Wildman–Crippen MR) is 72.9 cm³/mol. The van der Waals surface area contributed by atoms with E-state index in [9.17, 15) is 0 Å². The molecule has 17 heavy (non-hydrogen) atoms. The van der Waals surface area contributed by atoms with Crippen molar-refractivity contribution in [2.45, 2.75) is 25.9 Å². The quantitative estimate of drug-likeness (QED) is 0.946. The molecule has 3 nitrogen and oxygen atoms in total. The lowest BCUT2D eigenvalue weighted by Gasteiger charge is -2.22. The molecule has 0 aliphatic carbocycles. The summed E-state index contributed by atoms with van der Waals surface area (Å²) >= 11 is 3.44. The SMILES string of the molecule is Cc1cnn(C(c2ccc(Br)cc2)C(C)N)c1. The first kappa shape index (κ1) is 12.3. The lowest BCUT2D eigenvalue weighted by atomic mass is 10.0. The van der Waals surface area contributed by atoms with E-state index in [0.717, 1.165) is 10.0 Å². The topological polar surface area (TPSA) is 43.8 Å². The summed E-state index contributed by atoms with van der Waals surface area (Å²) in [6, 6.07) is 8.30. The first-order valence-corrected chi connectivity index (χ1v) is 6.39. The van der Waals surface area contributed by atoms with Gasteiger partial charge in [0.15, 0.2) is 0 Å². The first-order chi connectivity index (χ1) is 8.08. The number of benzene rings is 1. The van der Waals surface area contributed by atoms with E-state index in [1.165, 1.54) is 5.56 Å². The number of hydrogen-bond acceptors (Lipinski definition) is 2. The van der Waals surface area contributed by atoms with Gasteiger partial charge in [-0.3, -0.25) is 4.68 Å². The minimum atomic E-state index is 0.00970. The molecular weight excluding hydrogens is 278 g/mol. The third-order valence-electron chi connectivity index (χ3n) is 2.73. The van der Waals surface area contributed by atoms with Crippen LogP contribution in [0.25, 0.3) is 0 Å². The summed E-state index contributed by atoms with van der Waals surface area (Å²) in [6.07, 6.45) is 3.88. The number of nitrogens with two attached hydrogens (primary N) is 1. The standard InChI is InChI=1S/C13H16BrN3/c1-9-7-16-17(8-9)13(10(2)15)11-3-5-12(14)6-4-11/h3-8,10,13H,15H2,1-2H3. The molecule has 2 aromatic rings. The molecule has 90 valence electrons. The van der Waals surface area contributed by atoms with Crippen LogP contribution in [0.15, 0.2) is 41.1 Å². The van der Waals surface area contributed by atoms with Crippen molar-refractivity contribution in [2.75, 3.05) is 0 Å². The lowest BCUT2D eigenvalue weighted by molar-refractivity contribution is 0.454. The Balaban J connectivity index is 2.39. The maximum Gasteiger partial charge on any atom is 0.0916 e. The van der Waals surface area contributed by atoms with Crippen LogP contribution in [0.5, 0.6) is 0 Å². The molecule has 0 spiro atoms. The zero-order valence-electron chi connectivity index (χ0n) is 9.97. The lowest BCUT2D eigenvalue weighted by Crippen LogP contribution is -2.30. The molecular formula is C13H16BrN3. The van der Waals surface area contributed by atoms with Gasteiger partial charge in [-0.15, -0.1) is 0 Å². The van der Waals surface area contributed by atoms with Crippen LogP contribution in [-0.2, 0) is 0 Å². The largest absolute Gasteiger partial charge is 0.326 e. The highest BCUT2D eigenvalue weighted by Gasteiger charge is 2.18. The van der Waals surface area contributed by atoms with Crippen molar-refractivity contribution in [3.8, 4) is 0 Å². The monoisotopic (exact) mass is 293 g/mol. The zero-order chi connectivity index (χ0) is 12.4. The second-order valence-electron chi connectivity index (χ2n) is 4.35. The Morgan fingerprint density at radius 2 is 1.94 bits per heavy atom. The summed E-state index contributed by atoms with van der Waals surface area (Å²) < 4.78 is 3.00. The van der Waals surface area contributed by atoms with Crippen molar-refractivity contribution < 1.29 is 0 Å². The Hall–Kier alpha value is -1.13. The molecule has 2 N–H and O–H groups in total. The fourth-order valence-electron chi connectivity index (χ4n) is 1.94. The van der Waals surface area contributed by atoms with Gasteiger partial charge in [0.1, 0.15) is 0 Å². The molecule has 2 rings (SSSR count). The molecule has 4 heteroatoms. The van der Waals surface area contributed by atoms with Gasteiger partial charge in [0.2, 0.25) is 0 Å². The Morgan fingerprint density at radius 3 is 2.41 bits per heavy atom. The number of nitrogens with zero attached hydrogens (tertiary/aromatic N) is 2. The van der Waals surface area contributed by atoms with Crippen molar-refractivity contribution in [2.24, 2.45) is 5.73 Å². The predicted octanol–water partition coefficient (Wildman–Crippen LogP) is 2.89. The van der Waals surface area contributed by atoms with Gasteiger partial charge in [0, 0.05) is 16.7 Å². The van der Waals surface area contributed by atoms with Crippen LogP contribution in [0.3, 0.4) is 0 Å². The van der Waals surface area contributed by atoms with Gasteiger partial charge in [-0.2, -0.15) is 5.10 Å². The highest BCUT2D eigenvalue weighted by molar-refractivity contribution is 9.10. The molecule has 0 amide bonds. The normalized spacial score (nSPS) is 14.6. The zero-order valence-corrected chi connectivity index (χ0v) is 11.6. The molecule has 2 atom stereocenters. The molecule has 0 aliphatic rings. The van der Waals surface area contributed by atoms with Crippen LogP contribution in [0.2, 0.25) is 0 Å². The van der Waals surface area contributed by atoms with Crippen LogP contribution in [0.1, 0.15) is 24.1 Å². The van der Waals surface area contributed by atoms with E-state index in [2.05, 4.69) is 33.2 Å². The highest BCUT2D eigenvalue weighted by atomic mass is 79.9. The molecule has 0 bridgehead atoms. The van der Waals surface area contributed by atoms with E-state index in [1.807, 2.05) is 43.1 Å². The number of aromatic nitrogens is 2. The molecule has 0 saturated carbocycles. The molecule has 1 aromatic carbocycles. The second-order valence-corrected chi connectivity index (χ2v) is 5.27. The van der Waals surface area contributed by atoms with Gasteiger partial charge < -0.3 is 5.73 Å². The van der Waals surface area contributed by atoms with Crippen LogP contribution >= 0.6 is 15.9 Å². The minimum Gasteiger partial charge on any atom is -0.326 e. The van der Waals surface area contributed by atoms with Gasteiger partial charge in [-0.1, -0.05) is 28.1 Å². The summed E-state index contributed by atoms with van der Waals surface area (Å²) in [7, 11) is 0. The average molecular weight is 294 g/mol. The summed E-state index contributed by atoms with van der Waals surface area (Å²) in [5, 5.41) is 4.36. The Bertz CT molecular complexity index is 488. The van der Waals surface area contributed by atoms with Crippen molar-refractivity contribution in [1.29, 1.82) is 0 Å². The van der Waals surface area contributed by atoms with E-state index in [-0.39, 0.29) is 12.1 Å².